The van der Waals surface area contributed by atoms with Crippen LogP contribution in [0.25, 0.3) is 0 Å². The van der Waals surface area contributed by atoms with Gasteiger partial charge in [0, 0.05) is 6.04 Å². The first-order valence-electron chi connectivity index (χ1n) is 5.62. The summed E-state index contributed by atoms with van der Waals surface area (Å²) in [5, 5.41) is 2.93. The highest BCUT2D eigenvalue weighted by Gasteiger charge is 2.27. The smallest absolute Gasteiger partial charge is 0.237 e. The second-order valence-corrected chi connectivity index (χ2v) is 3.80. The fourth-order valence-corrected chi connectivity index (χ4v) is 1.62. The van der Waals surface area contributed by atoms with Crippen molar-refractivity contribution in [3.8, 4) is 0 Å². The average molecular weight is 200 g/mol. The molecule has 1 fully saturated rings. The summed E-state index contributed by atoms with van der Waals surface area (Å²) in [7, 11) is 2.01. The molecule has 84 valence electrons. The van der Waals surface area contributed by atoms with E-state index in [0.717, 1.165) is 19.4 Å². The van der Waals surface area contributed by atoms with Crippen molar-refractivity contribution in [2.24, 2.45) is 0 Å². The summed E-state index contributed by atoms with van der Waals surface area (Å²) >= 11 is 0. The van der Waals surface area contributed by atoms with Gasteiger partial charge in [0.15, 0.2) is 0 Å². The maximum atomic E-state index is 11.5. The summed E-state index contributed by atoms with van der Waals surface area (Å²) in [4.78, 5) is 13.6. The zero-order valence-electron chi connectivity index (χ0n) is 10.1. The molecule has 3 heteroatoms. The molecule has 0 aromatic carbocycles. The second-order valence-electron chi connectivity index (χ2n) is 3.80. The van der Waals surface area contributed by atoms with Gasteiger partial charge in [-0.25, -0.2) is 0 Å². The standard InChI is InChI=1S/C9H18N2O.C2H6/c1-7(2)10-9(12)8-5-4-6-11(8)3;1-2/h7-8H,4-6H2,1-3H3,(H,10,12);1-2H3. The van der Waals surface area contributed by atoms with Crippen LogP contribution in [0.15, 0.2) is 0 Å². The van der Waals surface area contributed by atoms with E-state index in [0.29, 0.717) is 0 Å². The summed E-state index contributed by atoms with van der Waals surface area (Å²) in [6.07, 6.45) is 2.15. The van der Waals surface area contributed by atoms with Gasteiger partial charge in [0.2, 0.25) is 5.91 Å². The van der Waals surface area contributed by atoms with Crippen LogP contribution < -0.4 is 5.32 Å². The Kier molecular flexibility index (Phi) is 6.54. The fraction of sp³-hybridized carbons (Fsp3) is 0.909. The van der Waals surface area contributed by atoms with Crippen molar-refractivity contribution in [2.75, 3.05) is 13.6 Å². The first-order chi connectivity index (χ1) is 6.61. The zero-order chi connectivity index (χ0) is 11.1. The van der Waals surface area contributed by atoms with Crippen LogP contribution in [0.2, 0.25) is 0 Å². The summed E-state index contributed by atoms with van der Waals surface area (Å²) < 4.78 is 0. The molecule has 14 heavy (non-hydrogen) atoms. The lowest BCUT2D eigenvalue weighted by atomic mass is 10.2. The normalized spacial score (nSPS) is 21.7. The van der Waals surface area contributed by atoms with Gasteiger partial charge in [0.25, 0.3) is 0 Å². The number of likely N-dealkylation sites (tertiary alicyclic amines) is 1. The second kappa shape index (κ2) is 6.82. The van der Waals surface area contributed by atoms with Gasteiger partial charge in [-0.2, -0.15) is 0 Å². The third-order valence-corrected chi connectivity index (χ3v) is 2.25. The Morgan fingerprint density at radius 3 is 2.36 bits per heavy atom. The lowest BCUT2D eigenvalue weighted by Crippen LogP contribution is -2.43. The Morgan fingerprint density at radius 2 is 2.00 bits per heavy atom. The van der Waals surface area contributed by atoms with Crippen molar-refractivity contribution in [3.05, 3.63) is 0 Å². The van der Waals surface area contributed by atoms with Gasteiger partial charge >= 0.3 is 0 Å². The summed E-state index contributed by atoms with van der Waals surface area (Å²) in [6.45, 7) is 9.04. The molecule has 0 spiro atoms. The number of nitrogens with one attached hydrogen (secondary N) is 1. The van der Waals surface area contributed by atoms with Crippen LogP contribution in [0.1, 0.15) is 40.5 Å². The molecule has 1 amide bonds. The van der Waals surface area contributed by atoms with Crippen LogP contribution in [0.5, 0.6) is 0 Å². The Hall–Kier alpha value is -0.570. The largest absolute Gasteiger partial charge is 0.353 e. The Morgan fingerprint density at radius 1 is 1.43 bits per heavy atom. The molecule has 3 nitrogen and oxygen atoms in total. The number of hydrogen-bond donors (Lipinski definition) is 1. The zero-order valence-corrected chi connectivity index (χ0v) is 10.1. The number of rotatable bonds is 2. The molecule has 1 unspecified atom stereocenters. The predicted molar refractivity (Wildman–Crippen MR) is 60.3 cm³/mol. The Labute approximate surface area is 87.9 Å². The molecule has 0 aliphatic carbocycles. The van der Waals surface area contributed by atoms with Crippen LogP contribution in [0.3, 0.4) is 0 Å². The highest BCUT2D eigenvalue weighted by Crippen LogP contribution is 2.14. The monoisotopic (exact) mass is 200 g/mol. The third-order valence-electron chi connectivity index (χ3n) is 2.25. The number of nitrogens with zero attached hydrogens (tertiary/aromatic N) is 1. The topological polar surface area (TPSA) is 32.3 Å². The summed E-state index contributed by atoms with van der Waals surface area (Å²) in [5.41, 5.74) is 0. The number of amides is 1. The van der Waals surface area contributed by atoms with E-state index < -0.39 is 0 Å². The van der Waals surface area contributed by atoms with E-state index in [4.69, 9.17) is 0 Å². The van der Waals surface area contributed by atoms with E-state index in [1.807, 2.05) is 34.7 Å². The number of likely N-dealkylation sites (N-methyl/N-ethyl adjacent to an activating group) is 1. The highest BCUT2D eigenvalue weighted by molar-refractivity contribution is 5.82. The minimum absolute atomic E-state index is 0.118. The molecular formula is C11H24N2O. The van der Waals surface area contributed by atoms with E-state index in [1.165, 1.54) is 0 Å². The van der Waals surface area contributed by atoms with Crippen molar-refractivity contribution >= 4 is 5.91 Å². The summed E-state index contributed by atoms with van der Waals surface area (Å²) in [6, 6.07) is 0.374. The third kappa shape index (κ3) is 4.09. The first-order valence-corrected chi connectivity index (χ1v) is 5.62. The van der Waals surface area contributed by atoms with E-state index in [9.17, 15) is 4.79 Å². The van der Waals surface area contributed by atoms with E-state index in [1.54, 1.807) is 0 Å². The average Bonchev–Trinajstić information content (AvgIpc) is 2.54. The van der Waals surface area contributed by atoms with Gasteiger partial charge in [0.1, 0.15) is 0 Å². The van der Waals surface area contributed by atoms with Gasteiger partial charge < -0.3 is 5.32 Å². The van der Waals surface area contributed by atoms with Gasteiger partial charge in [-0.3, -0.25) is 9.69 Å². The molecule has 0 aromatic heterocycles. The first kappa shape index (κ1) is 13.4. The quantitative estimate of drug-likeness (QED) is 0.735. The molecule has 1 rings (SSSR count). The molecular weight excluding hydrogens is 176 g/mol. The van der Waals surface area contributed by atoms with Crippen molar-refractivity contribution in [3.63, 3.8) is 0 Å². The van der Waals surface area contributed by atoms with E-state index in [2.05, 4.69) is 10.2 Å². The van der Waals surface area contributed by atoms with Gasteiger partial charge in [0.05, 0.1) is 6.04 Å². The number of carbonyl (C=O) groups excluding carboxylic acids is 1. The predicted octanol–water partition coefficient (Wildman–Crippen LogP) is 1.63. The molecule has 1 aliphatic rings. The minimum Gasteiger partial charge on any atom is -0.353 e. The maximum Gasteiger partial charge on any atom is 0.237 e. The van der Waals surface area contributed by atoms with Gasteiger partial charge in [-0.15, -0.1) is 0 Å². The van der Waals surface area contributed by atoms with Crippen LogP contribution in [-0.2, 0) is 4.79 Å². The summed E-state index contributed by atoms with van der Waals surface area (Å²) in [5.74, 6) is 0.185. The lowest BCUT2D eigenvalue weighted by molar-refractivity contribution is -0.125. The molecule has 0 saturated carbocycles. The van der Waals surface area contributed by atoms with Gasteiger partial charge in [-0.05, 0) is 40.3 Å². The van der Waals surface area contributed by atoms with Crippen LogP contribution in [-0.4, -0.2) is 36.5 Å². The van der Waals surface area contributed by atoms with E-state index in [-0.39, 0.29) is 18.0 Å². The number of carbonyl (C=O) groups is 1. The van der Waals surface area contributed by atoms with Crippen molar-refractivity contribution in [1.29, 1.82) is 0 Å². The van der Waals surface area contributed by atoms with E-state index >= 15 is 0 Å². The molecule has 1 saturated heterocycles. The molecule has 1 atom stereocenters. The van der Waals surface area contributed by atoms with Crippen molar-refractivity contribution in [2.45, 2.75) is 52.6 Å². The molecule has 0 aromatic rings. The number of hydrogen-bond acceptors (Lipinski definition) is 2. The van der Waals surface area contributed by atoms with Crippen LogP contribution in [0, 0.1) is 0 Å². The van der Waals surface area contributed by atoms with Crippen molar-refractivity contribution < 1.29 is 4.79 Å². The highest BCUT2D eigenvalue weighted by atomic mass is 16.2. The lowest BCUT2D eigenvalue weighted by Gasteiger charge is -2.19. The molecule has 1 aliphatic heterocycles. The SMILES string of the molecule is CC.CC(C)NC(=O)C1CCCN1C. The molecule has 0 bridgehead atoms. The Bertz CT molecular complexity index is 169. The Balaban J connectivity index is 0.000000791. The minimum atomic E-state index is 0.118. The van der Waals surface area contributed by atoms with Crippen LogP contribution >= 0.6 is 0 Å². The molecule has 1 heterocycles. The fourth-order valence-electron chi connectivity index (χ4n) is 1.62. The van der Waals surface area contributed by atoms with Gasteiger partial charge in [-0.1, -0.05) is 13.8 Å². The molecule has 1 N–H and O–H groups in total. The molecule has 0 radical (unpaired) electrons. The van der Waals surface area contributed by atoms with Crippen molar-refractivity contribution in [1.82, 2.24) is 10.2 Å². The maximum absolute atomic E-state index is 11.5. The van der Waals surface area contributed by atoms with Crippen LogP contribution in [0.4, 0.5) is 0 Å².